The summed E-state index contributed by atoms with van der Waals surface area (Å²) in [6.45, 7) is 0.493. The van der Waals surface area contributed by atoms with E-state index in [1.165, 1.54) is 11.1 Å². The average Bonchev–Trinajstić information content (AvgIpc) is 3.15. The van der Waals surface area contributed by atoms with Crippen LogP contribution in [0, 0.1) is 0 Å². The van der Waals surface area contributed by atoms with Gasteiger partial charge in [0.1, 0.15) is 0 Å². The molecule has 0 saturated heterocycles. The number of aromatic nitrogens is 1. The number of aryl methyl sites for hydroxylation is 2. The molecule has 3 rings (SSSR count). The first-order valence-corrected chi connectivity index (χ1v) is 8.98. The number of nitrogens with zero attached hydrogens (tertiary/aromatic N) is 1. The van der Waals surface area contributed by atoms with Crippen LogP contribution < -0.4 is 16.0 Å². The Kier molecular flexibility index (Phi) is 6.14. The summed E-state index contributed by atoms with van der Waals surface area (Å²) in [5.74, 6) is -1.69. The van der Waals surface area contributed by atoms with Gasteiger partial charge in [0.05, 0.1) is 0 Å². The first-order chi connectivity index (χ1) is 13.1. The van der Waals surface area contributed by atoms with Crippen molar-refractivity contribution in [2.24, 2.45) is 0 Å². The lowest BCUT2D eigenvalue weighted by atomic mass is 10.1. The molecule has 1 aliphatic carbocycles. The van der Waals surface area contributed by atoms with Crippen molar-refractivity contribution in [1.29, 1.82) is 0 Å². The third kappa shape index (κ3) is 5.37. The van der Waals surface area contributed by atoms with E-state index in [2.05, 4.69) is 20.9 Å². The number of anilines is 1. The second kappa shape index (κ2) is 8.93. The predicted molar refractivity (Wildman–Crippen MR) is 101 cm³/mol. The number of amides is 3. The van der Waals surface area contributed by atoms with Crippen LogP contribution in [0.5, 0.6) is 0 Å². The van der Waals surface area contributed by atoms with Gasteiger partial charge in [-0.2, -0.15) is 0 Å². The van der Waals surface area contributed by atoms with Gasteiger partial charge in [0, 0.05) is 37.6 Å². The van der Waals surface area contributed by atoms with Crippen molar-refractivity contribution >= 4 is 23.4 Å². The van der Waals surface area contributed by atoms with Gasteiger partial charge in [0.25, 0.3) is 0 Å². The molecule has 3 N–H and O–H groups in total. The second-order valence-electron chi connectivity index (χ2n) is 6.43. The molecule has 0 aliphatic heterocycles. The third-order valence-electron chi connectivity index (χ3n) is 4.44. The number of benzene rings is 1. The Labute approximate surface area is 157 Å². The van der Waals surface area contributed by atoms with E-state index >= 15 is 0 Å². The van der Waals surface area contributed by atoms with Crippen molar-refractivity contribution in [2.75, 3.05) is 11.9 Å². The van der Waals surface area contributed by atoms with E-state index in [4.69, 9.17) is 0 Å². The fraction of sp³-hybridized carbons (Fsp3) is 0.300. The minimum Gasteiger partial charge on any atom is -0.352 e. The van der Waals surface area contributed by atoms with E-state index in [9.17, 15) is 14.4 Å². The summed E-state index contributed by atoms with van der Waals surface area (Å²) in [5.41, 5.74) is 4.08. The maximum absolute atomic E-state index is 12.0. The van der Waals surface area contributed by atoms with E-state index in [1.54, 1.807) is 12.4 Å². The zero-order valence-electron chi connectivity index (χ0n) is 15.0. The summed E-state index contributed by atoms with van der Waals surface area (Å²) in [7, 11) is 0. The number of fused-ring (bicyclic) bond motifs is 1. The molecule has 0 saturated carbocycles. The third-order valence-corrected chi connectivity index (χ3v) is 4.44. The molecule has 0 radical (unpaired) electrons. The predicted octanol–water partition coefficient (Wildman–Crippen LogP) is 1.33. The van der Waals surface area contributed by atoms with Crippen LogP contribution in [0.2, 0.25) is 0 Å². The van der Waals surface area contributed by atoms with Crippen molar-refractivity contribution in [3.63, 3.8) is 0 Å². The SMILES string of the molecule is O=C(CCNC(=O)C(=O)Nc1ccc2c(c1)CCC2)NCc1ccncc1. The van der Waals surface area contributed by atoms with Gasteiger partial charge < -0.3 is 16.0 Å². The lowest BCUT2D eigenvalue weighted by molar-refractivity contribution is -0.136. The van der Waals surface area contributed by atoms with Crippen LogP contribution in [0.15, 0.2) is 42.7 Å². The number of hydrogen-bond donors (Lipinski definition) is 3. The number of rotatable bonds is 6. The van der Waals surface area contributed by atoms with Gasteiger partial charge in [-0.25, -0.2) is 0 Å². The zero-order valence-corrected chi connectivity index (χ0v) is 15.0. The number of carbonyl (C=O) groups is 3. The summed E-state index contributed by atoms with van der Waals surface area (Å²) in [5, 5.41) is 7.81. The van der Waals surface area contributed by atoms with Crippen molar-refractivity contribution in [3.8, 4) is 0 Å². The monoisotopic (exact) mass is 366 g/mol. The molecule has 0 bridgehead atoms. The minimum atomic E-state index is -0.752. The molecule has 1 aromatic heterocycles. The number of pyridine rings is 1. The molecule has 7 heteroatoms. The Morgan fingerprint density at radius 1 is 0.926 bits per heavy atom. The van der Waals surface area contributed by atoms with Gasteiger partial charge in [0.15, 0.2) is 0 Å². The second-order valence-corrected chi connectivity index (χ2v) is 6.43. The summed E-state index contributed by atoms with van der Waals surface area (Å²) in [6.07, 6.45) is 6.59. The standard InChI is InChI=1S/C20H22N4O3/c25-18(23-13-14-6-9-21-10-7-14)8-11-22-19(26)20(27)24-17-5-4-15-2-1-3-16(15)12-17/h4-7,9-10,12H,1-3,8,11,13H2,(H,22,26)(H,23,25)(H,24,27). The Hall–Kier alpha value is -3.22. The van der Waals surface area contributed by atoms with E-state index in [0.717, 1.165) is 24.8 Å². The highest BCUT2D eigenvalue weighted by Gasteiger charge is 2.16. The van der Waals surface area contributed by atoms with Crippen molar-refractivity contribution in [3.05, 3.63) is 59.4 Å². The number of carbonyl (C=O) groups excluding carboxylic acids is 3. The number of hydrogen-bond acceptors (Lipinski definition) is 4. The maximum Gasteiger partial charge on any atom is 0.313 e. The molecular formula is C20H22N4O3. The maximum atomic E-state index is 12.0. The molecule has 0 unspecified atom stereocenters. The summed E-state index contributed by atoms with van der Waals surface area (Å²) >= 11 is 0. The van der Waals surface area contributed by atoms with Gasteiger partial charge in [-0.1, -0.05) is 6.07 Å². The van der Waals surface area contributed by atoms with Crippen LogP contribution in [0.1, 0.15) is 29.5 Å². The average molecular weight is 366 g/mol. The lowest BCUT2D eigenvalue weighted by Gasteiger charge is -2.08. The molecule has 0 fully saturated rings. The highest BCUT2D eigenvalue weighted by molar-refractivity contribution is 6.39. The van der Waals surface area contributed by atoms with Crippen molar-refractivity contribution in [2.45, 2.75) is 32.2 Å². The molecule has 1 aliphatic rings. The van der Waals surface area contributed by atoms with Crippen molar-refractivity contribution in [1.82, 2.24) is 15.6 Å². The van der Waals surface area contributed by atoms with E-state index in [1.807, 2.05) is 30.3 Å². The van der Waals surface area contributed by atoms with Gasteiger partial charge >= 0.3 is 11.8 Å². The summed E-state index contributed by atoms with van der Waals surface area (Å²) in [4.78, 5) is 39.5. The Balaban J connectivity index is 1.37. The topological polar surface area (TPSA) is 100 Å². The Morgan fingerprint density at radius 2 is 1.70 bits per heavy atom. The van der Waals surface area contributed by atoms with Crippen LogP contribution in [0.25, 0.3) is 0 Å². The quantitative estimate of drug-likeness (QED) is 0.672. The zero-order chi connectivity index (χ0) is 19.1. The van der Waals surface area contributed by atoms with Crippen molar-refractivity contribution < 1.29 is 14.4 Å². The highest BCUT2D eigenvalue weighted by Crippen LogP contribution is 2.24. The molecule has 2 aromatic rings. The van der Waals surface area contributed by atoms with Crippen LogP contribution in [0.3, 0.4) is 0 Å². The lowest BCUT2D eigenvalue weighted by Crippen LogP contribution is -2.37. The summed E-state index contributed by atoms with van der Waals surface area (Å²) in [6, 6.07) is 9.33. The Morgan fingerprint density at radius 3 is 2.52 bits per heavy atom. The smallest absolute Gasteiger partial charge is 0.313 e. The first-order valence-electron chi connectivity index (χ1n) is 8.98. The van der Waals surface area contributed by atoms with Crippen LogP contribution in [0.4, 0.5) is 5.69 Å². The fourth-order valence-corrected chi connectivity index (χ4v) is 3.00. The van der Waals surface area contributed by atoms with Crippen LogP contribution in [-0.2, 0) is 33.8 Å². The van der Waals surface area contributed by atoms with Gasteiger partial charge in [0.2, 0.25) is 5.91 Å². The van der Waals surface area contributed by atoms with E-state index in [0.29, 0.717) is 12.2 Å². The summed E-state index contributed by atoms with van der Waals surface area (Å²) < 4.78 is 0. The molecule has 1 heterocycles. The molecule has 1 aromatic carbocycles. The molecule has 3 amide bonds. The molecule has 27 heavy (non-hydrogen) atoms. The Bertz CT molecular complexity index is 836. The fourth-order valence-electron chi connectivity index (χ4n) is 3.00. The largest absolute Gasteiger partial charge is 0.352 e. The van der Waals surface area contributed by atoms with Gasteiger partial charge in [-0.15, -0.1) is 0 Å². The molecular weight excluding hydrogens is 344 g/mol. The first kappa shape index (κ1) is 18.6. The van der Waals surface area contributed by atoms with E-state index < -0.39 is 11.8 Å². The van der Waals surface area contributed by atoms with Crippen LogP contribution in [-0.4, -0.2) is 29.3 Å². The normalized spacial score (nSPS) is 12.1. The minimum absolute atomic E-state index is 0.0959. The molecule has 0 spiro atoms. The van der Waals surface area contributed by atoms with Gasteiger partial charge in [-0.3, -0.25) is 19.4 Å². The molecule has 0 atom stereocenters. The number of nitrogens with one attached hydrogen (secondary N) is 3. The molecule has 140 valence electrons. The molecule has 7 nitrogen and oxygen atoms in total. The van der Waals surface area contributed by atoms with E-state index in [-0.39, 0.29) is 18.9 Å². The van der Waals surface area contributed by atoms with Gasteiger partial charge in [-0.05, 0) is 60.2 Å². The highest BCUT2D eigenvalue weighted by atomic mass is 16.2. The van der Waals surface area contributed by atoms with Crippen LogP contribution >= 0.6 is 0 Å².